The molecule has 0 bridgehead atoms. The smallest absolute Gasteiger partial charge is 0.118 e. The molecule has 0 radical (unpaired) electrons. The van der Waals surface area contributed by atoms with Crippen molar-refractivity contribution in [1.82, 2.24) is 0 Å². The van der Waals surface area contributed by atoms with E-state index in [0.29, 0.717) is 12.8 Å². The van der Waals surface area contributed by atoms with Crippen LogP contribution in [0.1, 0.15) is 19.8 Å². The molecule has 1 atom stereocenters. The van der Waals surface area contributed by atoms with Gasteiger partial charge < -0.3 is 5.11 Å². The third-order valence-corrected chi connectivity index (χ3v) is 1.42. The van der Waals surface area contributed by atoms with Crippen LogP contribution in [-0.4, -0.2) is 11.7 Å². The Labute approximate surface area is 79.0 Å². The second-order valence-corrected chi connectivity index (χ2v) is 2.76. The first kappa shape index (κ1) is 11.9. The number of hydrogen-bond donors (Lipinski definition) is 1. The topological polar surface area (TPSA) is 20.2 Å². The summed E-state index contributed by atoms with van der Waals surface area (Å²) < 4.78 is 12.6. The van der Waals surface area contributed by atoms with E-state index in [-0.39, 0.29) is 18.4 Å². The van der Waals surface area contributed by atoms with Gasteiger partial charge in [-0.15, -0.1) is 11.8 Å². The minimum atomic E-state index is -0.309. The minimum Gasteiger partial charge on any atom is -0.395 e. The first-order chi connectivity index (χ1) is 6.20. The highest BCUT2D eigenvalue weighted by atomic mass is 19.1. The quantitative estimate of drug-likeness (QED) is 0.523. The lowest BCUT2D eigenvalue weighted by Gasteiger charge is -1.98. The normalized spacial score (nSPS) is 13.0. The Morgan fingerprint density at radius 3 is 2.85 bits per heavy atom. The summed E-state index contributed by atoms with van der Waals surface area (Å²) in [6.45, 7) is 5.28. The molecule has 72 valence electrons. The summed E-state index contributed by atoms with van der Waals surface area (Å²) in [6.07, 6.45) is 3.76. The number of hydrogen-bond acceptors (Lipinski definition) is 1. The molecule has 13 heavy (non-hydrogen) atoms. The van der Waals surface area contributed by atoms with Crippen molar-refractivity contribution in [3.8, 4) is 11.8 Å². The van der Waals surface area contributed by atoms with Gasteiger partial charge in [0.15, 0.2) is 0 Å². The number of aliphatic hydroxyl groups excluding tert-OH is 1. The molecule has 0 rings (SSSR count). The Hall–Kier alpha value is -1.07. The first-order valence-corrected chi connectivity index (χ1v) is 4.27. The molecule has 0 aliphatic heterocycles. The van der Waals surface area contributed by atoms with Crippen molar-refractivity contribution >= 4 is 0 Å². The maximum absolute atomic E-state index is 12.6. The van der Waals surface area contributed by atoms with Gasteiger partial charge in [-0.05, 0) is 18.1 Å². The number of allylic oxidation sites excluding steroid dienone is 3. The third kappa shape index (κ3) is 7.30. The largest absolute Gasteiger partial charge is 0.395 e. The monoisotopic (exact) mass is 182 g/mol. The summed E-state index contributed by atoms with van der Waals surface area (Å²) in [5.41, 5.74) is 0. The van der Waals surface area contributed by atoms with Gasteiger partial charge in [-0.25, -0.2) is 4.39 Å². The fraction of sp³-hybridized carbons (Fsp3) is 0.455. The predicted octanol–water partition coefficient (Wildman–Crippen LogP) is 2.44. The third-order valence-electron chi connectivity index (χ3n) is 1.42. The molecule has 0 heterocycles. The van der Waals surface area contributed by atoms with Crippen LogP contribution in [0.25, 0.3) is 0 Å². The fourth-order valence-electron chi connectivity index (χ4n) is 0.776. The maximum atomic E-state index is 12.6. The predicted molar refractivity (Wildman–Crippen MR) is 52.6 cm³/mol. The van der Waals surface area contributed by atoms with Crippen LogP contribution >= 0.6 is 0 Å². The van der Waals surface area contributed by atoms with E-state index in [9.17, 15) is 4.39 Å². The van der Waals surface area contributed by atoms with E-state index in [2.05, 4.69) is 18.4 Å². The van der Waals surface area contributed by atoms with Crippen molar-refractivity contribution in [3.63, 3.8) is 0 Å². The second-order valence-electron chi connectivity index (χ2n) is 2.76. The van der Waals surface area contributed by atoms with Crippen molar-refractivity contribution in [1.29, 1.82) is 0 Å². The molecule has 0 aromatic carbocycles. The zero-order chi connectivity index (χ0) is 10.1. The van der Waals surface area contributed by atoms with Crippen LogP contribution in [-0.2, 0) is 0 Å². The van der Waals surface area contributed by atoms with Crippen molar-refractivity contribution in [2.24, 2.45) is 5.92 Å². The van der Waals surface area contributed by atoms with E-state index in [4.69, 9.17) is 5.11 Å². The van der Waals surface area contributed by atoms with Crippen molar-refractivity contribution in [3.05, 3.63) is 24.6 Å². The highest BCUT2D eigenvalue weighted by Gasteiger charge is 1.95. The highest BCUT2D eigenvalue weighted by molar-refractivity contribution is 5.10. The lowest BCUT2D eigenvalue weighted by Crippen LogP contribution is -1.87. The first-order valence-electron chi connectivity index (χ1n) is 4.27. The Balaban J connectivity index is 3.83. The Bertz CT molecular complexity index is 232. The lowest BCUT2D eigenvalue weighted by atomic mass is 10.1. The van der Waals surface area contributed by atoms with Crippen molar-refractivity contribution in [2.45, 2.75) is 19.8 Å². The molecule has 0 saturated heterocycles. The van der Waals surface area contributed by atoms with Gasteiger partial charge in [-0.1, -0.05) is 13.5 Å². The molecule has 1 nitrogen and oxygen atoms in total. The minimum absolute atomic E-state index is 0.0816. The zero-order valence-electron chi connectivity index (χ0n) is 7.89. The molecule has 0 aliphatic carbocycles. The summed E-state index contributed by atoms with van der Waals surface area (Å²) >= 11 is 0. The van der Waals surface area contributed by atoms with E-state index >= 15 is 0 Å². The fourth-order valence-corrected chi connectivity index (χ4v) is 0.776. The summed E-state index contributed by atoms with van der Waals surface area (Å²) in [5.74, 6) is 5.42. The summed E-state index contributed by atoms with van der Waals surface area (Å²) in [6, 6.07) is 0. The summed E-state index contributed by atoms with van der Waals surface area (Å²) in [5, 5.41) is 8.43. The highest BCUT2D eigenvalue weighted by Crippen LogP contribution is 2.08. The van der Waals surface area contributed by atoms with E-state index < -0.39 is 0 Å². The molecular weight excluding hydrogens is 167 g/mol. The molecular formula is C11H15FO. The summed E-state index contributed by atoms with van der Waals surface area (Å²) in [4.78, 5) is 0. The standard InChI is InChI=1S/C11H15FO/c1-3-11(12)9-10(2)7-5-4-6-8-13/h3,9-10,13H,1,6-8H2,2H3/b11-9+. The molecule has 0 aromatic rings. The molecule has 2 heteroatoms. The number of halogens is 1. The van der Waals surface area contributed by atoms with Crippen LogP contribution in [0.2, 0.25) is 0 Å². The average Bonchev–Trinajstić information content (AvgIpc) is 2.12. The van der Waals surface area contributed by atoms with Crippen LogP contribution in [0.15, 0.2) is 24.6 Å². The molecule has 0 fully saturated rings. The second kappa shape index (κ2) is 7.57. The Morgan fingerprint density at radius 1 is 1.62 bits per heavy atom. The van der Waals surface area contributed by atoms with Crippen molar-refractivity contribution < 1.29 is 9.50 Å². The van der Waals surface area contributed by atoms with E-state index in [1.54, 1.807) is 0 Å². The van der Waals surface area contributed by atoms with E-state index in [0.717, 1.165) is 0 Å². The molecule has 0 aliphatic rings. The molecule has 1 N–H and O–H groups in total. The van der Waals surface area contributed by atoms with Crippen LogP contribution in [0.4, 0.5) is 4.39 Å². The molecule has 0 amide bonds. The van der Waals surface area contributed by atoms with E-state index in [1.807, 2.05) is 6.92 Å². The van der Waals surface area contributed by atoms with Gasteiger partial charge in [0.1, 0.15) is 5.83 Å². The van der Waals surface area contributed by atoms with Gasteiger partial charge in [0.2, 0.25) is 0 Å². The number of aliphatic hydroxyl groups is 1. The number of rotatable bonds is 4. The lowest BCUT2D eigenvalue weighted by molar-refractivity contribution is 0.305. The van der Waals surface area contributed by atoms with Crippen LogP contribution in [0, 0.1) is 17.8 Å². The van der Waals surface area contributed by atoms with Crippen LogP contribution < -0.4 is 0 Å². The van der Waals surface area contributed by atoms with Gasteiger partial charge >= 0.3 is 0 Å². The van der Waals surface area contributed by atoms with E-state index in [1.165, 1.54) is 12.2 Å². The maximum Gasteiger partial charge on any atom is 0.118 e. The van der Waals surface area contributed by atoms with Gasteiger partial charge in [0.25, 0.3) is 0 Å². The van der Waals surface area contributed by atoms with Crippen LogP contribution in [0.5, 0.6) is 0 Å². The van der Waals surface area contributed by atoms with Gasteiger partial charge in [-0.3, -0.25) is 0 Å². The Kier molecular flexibility index (Phi) is 6.95. The molecule has 0 saturated carbocycles. The summed E-state index contributed by atoms with van der Waals surface area (Å²) in [7, 11) is 0. The van der Waals surface area contributed by atoms with Gasteiger partial charge in [0, 0.05) is 12.8 Å². The SMILES string of the molecule is C=C/C(F)=C\C(C)CC#CCCO. The van der Waals surface area contributed by atoms with Gasteiger partial charge in [-0.2, -0.15) is 0 Å². The molecule has 1 unspecified atom stereocenters. The van der Waals surface area contributed by atoms with Crippen LogP contribution in [0.3, 0.4) is 0 Å². The Morgan fingerprint density at radius 2 is 2.31 bits per heavy atom. The molecule has 0 aromatic heterocycles. The molecule has 0 spiro atoms. The van der Waals surface area contributed by atoms with Gasteiger partial charge in [0.05, 0.1) is 6.61 Å². The average molecular weight is 182 g/mol. The zero-order valence-corrected chi connectivity index (χ0v) is 7.89. The van der Waals surface area contributed by atoms with Crippen molar-refractivity contribution in [2.75, 3.05) is 6.61 Å².